The predicted molar refractivity (Wildman–Crippen MR) is 232 cm³/mol. The van der Waals surface area contributed by atoms with Crippen molar-refractivity contribution in [3.63, 3.8) is 0 Å². The minimum absolute atomic E-state index is 0.0193. The van der Waals surface area contributed by atoms with Gasteiger partial charge in [0.15, 0.2) is 0 Å². The highest BCUT2D eigenvalue weighted by molar-refractivity contribution is 6.99. The highest BCUT2D eigenvalue weighted by Crippen LogP contribution is 2.67. The number of allylic oxidation sites excluding steroid dienone is 1. The Morgan fingerprint density at radius 3 is 2.09 bits per heavy atom. The number of ether oxygens (including phenoxy) is 3. The van der Waals surface area contributed by atoms with Crippen LogP contribution in [0.1, 0.15) is 133 Å². The molecule has 6 rings (SSSR count). The lowest BCUT2D eigenvalue weighted by atomic mass is 9.47. The lowest BCUT2D eigenvalue weighted by Gasteiger charge is -2.59. The van der Waals surface area contributed by atoms with Gasteiger partial charge in [0.2, 0.25) is 0 Å². The maximum Gasteiger partial charge on any atom is 0.309 e. The number of esters is 1. The molecule has 0 aliphatic heterocycles. The molecule has 0 saturated heterocycles. The highest BCUT2D eigenvalue weighted by Gasteiger charge is 2.60. The van der Waals surface area contributed by atoms with Crippen LogP contribution in [0.5, 0.6) is 0 Å². The molecule has 0 heterocycles. The van der Waals surface area contributed by atoms with Gasteiger partial charge in [0.05, 0.1) is 18.6 Å². The quantitative estimate of drug-likeness (QED) is 0.0826. The zero-order valence-corrected chi connectivity index (χ0v) is 38.0. The molecule has 0 spiro atoms. The molecule has 0 radical (unpaired) electrons. The van der Waals surface area contributed by atoms with E-state index in [-0.39, 0.29) is 52.2 Å². The summed E-state index contributed by atoms with van der Waals surface area (Å²) in [6, 6.07) is 22.4. The fourth-order valence-electron chi connectivity index (χ4n) is 13.0. The van der Waals surface area contributed by atoms with Gasteiger partial charge < -0.3 is 18.6 Å². The summed E-state index contributed by atoms with van der Waals surface area (Å²) < 4.78 is 25.4. The lowest BCUT2D eigenvalue weighted by molar-refractivity contribution is -0.155. The van der Waals surface area contributed by atoms with Crippen LogP contribution in [-0.4, -0.2) is 47.0 Å². The number of carbonyl (C=O) groups is 1. The largest absolute Gasteiger partial charge is 0.466 e. The predicted octanol–water partition coefficient (Wildman–Crippen LogP) is 11.1. The van der Waals surface area contributed by atoms with E-state index in [1.165, 1.54) is 48.9 Å². The van der Waals surface area contributed by atoms with Crippen molar-refractivity contribution in [3.8, 4) is 0 Å². The molecular formula is C50H76O5Si. The smallest absolute Gasteiger partial charge is 0.309 e. The van der Waals surface area contributed by atoms with E-state index in [2.05, 4.69) is 129 Å². The second-order valence-corrected chi connectivity index (χ2v) is 25.3. The van der Waals surface area contributed by atoms with Gasteiger partial charge in [0.1, 0.15) is 6.79 Å². The number of rotatable bonds is 14. The van der Waals surface area contributed by atoms with Crippen LogP contribution >= 0.6 is 0 Å². The Balaban J connectivity index is 1.22. The summed E-state index contributed by atoms with van der Waals surface area (Å²) in [5, 5.41) is 2.73. The van der Waals surface area contributed by atoms with Crippen molar-refractivity contribution in [2.24, 2.45) is 51.8 Å². The molecule has 310 valence electrons. The van der Waals surface area contributed by atoms with Gasteiger partial charge in [0, 0.05) is 13.2 Å². The fourth-order valence-corrected chi connectivity index (χ4v) is 17.7. The van der Waals surface area contributed by atoms with Gasteiger partial charge in [-0.05, 0) is 132 Å². The van der Waals surface area contributed by atoms with Crippen LogP contribution in [0.25, 0.3) is 0 Å². The summed E-state index contributed by atoms with van der Waals surface area (Å²) in [4.78, 5) is 13.3. The molecule has 10 atom stereocenters. The molecule has 0 N–H and O–H groups in total. The molecule has 5 nitrogen and oxygen atoms in total. The second kappa shape index (κ2) is 17.2. The van der Waals surface area contributed by atoms with Gasteiger partial charge in [-0.3, -0.25) is 4.79 Å². The summed E-state index contributed by atoms with van der Waals surface area (Å²) >= 11 is 0. The third kappa shape index (κ3) is 8.43. The molecule has 6 heteroatoms. The average Bonchev–Trinajstić information content (AvgIpc) is 3.51. The molecule has 0 bridgehead atoms. The maximum atomic E-state index is 13.3. The van der Waals surface area contributed by atoms with E-state index < -0.39 is 8.32 Å². The van der Waals surface area contributed by atoms with E-state index in [9.17, 15) is 4.79 Å². The highest BCUT2D eigenvalue weighted by atomic mass is 28.4. The molecule has 4 aliphatic rings. The van der Waals surface area contributed by atoms with E-state index in [1.807, 2.05) is 6.92 Å². The van der Waals surface area contributed by atoms with E-state index >= 15 is 0 Å². The molecule has 2 aromatic carbocycles. The van der Waals surface area contributed by atoms with Crippen LogP contribution in [0.2, 0.25) is 5.04 Å². The minimum atomic E-state index is -2.62. The van der Waals surface area contributed by atoms with Crippen molar-refractivity contribution in [2.45, 2.75) is 151 Å². The van der Waals surface area contributed by atoms with Crippen LogP contribution < -0.4 is 10.4 Å². The molecule has 0 amide bonds. The summed E-state index contributed by atoms with van der Waals surface area (Å²) in [6.45, 7) is 24.1. The summed E-state index contributed by atoms with van der Waals surface area (Å²) in [6.07, 6.45) is 14.0. The first kappa shape index (κ1) is 43.3. The standard InChI is InChI=1S/C50H76O5Si/c1-12-53-46(51)36(33-47(3,4)5)31-45(54-34-52-11)35(2)42-25-26-43-41-24-23-37-32-38(27-29-49(37,9)44(41)28-30-50(42,43)10)55-56(48(6,7)8,39-19-15-13-16-20-39)40-21-17-14-18-22-40/h13-23,35-36,38,41-45H,12,24-34H2,1-11H3/t35-,36-,38-,41-,42+,43-,44-,45-,49-,50+/m0/s1. The first-order valence-corrected chi connectivity index (χ1v) is 24.1. The van der Waals surface area contributed by atoms with E-state index in [0.29, 0.717) is 30.8 Å². The molecule has 0 aromatic heterocycles. The molecule has 56 heavy (non-hydrogen) atoms. The SMILES string of the molecule is CCOC(=O)[C@@H](C[C@H](OCOC)[C@@H](C)[C@H]1CC[C@H]2[C@@H]3CC=C4C[C@@H](O[Si](c5ccccc5)(c5ccccc5)C(C)(C)C)CC[C@]4(C)[C@H]3CC[C@]12C)CC(C)(C)C. The van der Waals surface area contributed by atoms with Crippen LogP contribution in [0.4, 0.5) is 0 Å². The third-order valence-corrected chi connectivity index (χ3v) is 20.6. The van der Waals surface area contributed by atoms with Crippen molar-refractivity contribution in [1.82, 2.24) is 0 Å². The zero-order chi connectivity index (χ0) is 40.5. The van der Waals surface area contributed by atoms with Crippen molar-refractivity contribution in [2.75, 3.05) is 20.5 Å². The van der Waals surface area contributed by atoms with Gasteiger partial charge >= 0.3 is 5.97 Å². The topological polar surface area (TPSA) is 54.0 Å². The molecule has 2 aromatic rings. The Morgan fingerprint density at radius 1 is 0.875 bits per heavy atom. The first-order valence-electron chi connectivity index (χ1n) is 22.2. The van der Waals surface area contributed by atoms with Gasteiger partial charge in [0.25, 0.3) is 8.32 Å². The van der Waals surface area contributed by atoms with E-state index in [0.717, 1.165) is 31.1 Å². The van der Waals surface area contributed by atoms with E-state index in [4.69, 9.17) is 18.6 Å². The van der Waals surface area contributed by atoms with Gasteiger partial charge in [-0.15, -0.1) is 0 Å². The Morgan fingerprint density at radius 2 is 1.52 bits per heavy atom. The fraction of sp³-hybridized carbons (Fsp3) is 0.700. The third-order valence-electron chi connectivity index (χ3n) is 15.5. The minimum Gasteiger partial charge on any atom is -0.466 e. The van der Waals surface area contributed by atoms with E-state index in [1.54, 1.807) is 12.7 Å². The van der Waals surface area contributed by atoms with Crippen molar-refractivity contribution < 1.29 is 23.4 Å². The number of benzene rings is 2. The van der Waals surface area contributed by atoms with Crippen LogP contribution in [0.15, 0.2) is 72.3 Å². The van der Waals surface area contributed by atoms with Crippen molar-refractivity contribution >= 4 is 24.7 Å². The Hall–Kier alpha value is -2.25. The van der Waals surface area contributed by atoms with Crippen molar-refractivity contribution in [1.29, 1.82) is 0 Å². The summed E-state index contributed by atoms with van der Waals surface area (Å²) in [7, 11) is -0.918. The lowest BCUT2D eigenvalue weighted by Crippen LogP contribution is -2.68. The van der Waals surface area contributed by atoms with Gasteiger partial charge in [-0.25, -0.2) is 0 Å². The number of methoxy groups -OCH3 is 1. The number of hydrogen-bond acceptors (Lipinski definition) is 5. The summed E-state index contributed by atoms with van der Waals surface area (Å²) in [5.41, 5.74) is 2.20. The number of fused-ring (bicyclic) bond motifs is 5. The first-order chi connectivity index (χ1) is 26.5. The average molecular weight is 785 g/mol. The molecule has 3 fully saturated rings. The Labute approximate surface area is 342 Å². The zero-order valence-electron chi connectivity index (χ0n) is 37.0. The second-order valence-electron chi connectivity index (χ2n) is 21.1. The van der Waals surface area contributed by atoms with Crippen molar-refractivity contribution in [3.05, 3.63) is 72.3 Å². The molecular weight excluding hydrogens is 709 g/mol. The van der Waals surface area contributed by atoms with Crippen LogP contribution in [0.3, 0.4) is 0 Å². The van der Waals surface area contributed by atoms with Gasteiger partial charge in [-0.1, -0.05) is 135 Å². The van der Waals surface area contributed by atoms with Crippen LogP contribution in [-0.2, 0) is 23.4 Å². The monoisotopic (exact) mass is 785 g/mol. The maximum absolute atomic E-state index is 13.3. The molecule has 4 aliphatic carbocycles. The Kier molecular flexibility index (Phi) is 13.3. The van der Waals surface area contributed by atoms with Crippen LogP contribution in [0, 0.1) is 51.8 Å². The normalized spacial score (nSPS) is 31.0. The molecule has 3 saturated carbocycles. The molecule has 0 unspecified atom stereocenters. The summed E-state index contributed by atoms with van der Waals surface area (Å²) in [5.74, 6) is 2.78. The number of hydrogen-bond donors (Lipinski definition) is 0. The van der Waals surface area contributed by atoms with Gasteiger partial charge in [-0.2, -0.15) is 0 Å². The number of carbonyl (C=O) groups excluding carboxylic acids is 1. The Bertz CT molecular complexity index is 1590.